The third-order valence-corrected chi connectivity index (χ3v) is 3.38. The smallest absolute Gasteiger partial charge is 0.124 e. The molecule has 0 aliphatic rings. The molecule has 1 atom stereocenters. The van der Waals surface area contributed by atoms with Crippen LogP contribution in [-0.2, 0) is 6.54 Å². The lowest BCUT2D eigenvalue weighted by Gasteiger charge is -2.16. The molecule has 0 amide bonds. The van der Waals surface area contributed by atoms with Crippen molar-refractivity contribution in [3.05, 3.63) is 41.2 Å². The average molecular weight is 291 g/mol. The first-order chi connectivity index (χ1) is 10.2. The zero-order valence-electron chi connectivity index (χ0n) is 12.5. The molecule has 0 fully saturated rings. The standard InChI is InChI=1S/C15H21N3O3/c1-10-11(8-17-18-10)7-16-9-14(19)13-6-12(20-2)4-5-15(13)21-3/h4-6,8,14,16,19H,7,9H2,1-3H3,(H,17,18)/t14-/m0/s1. The molecule has 2 aromatic rings. The Hall–Kier alpha value is -2.05. The molecule has 1 aromatic heterocycles. The molecule has 3 N–H and O–H groups in total. The molecule has 0 aliphatic heterocycles. The van der Waals surface area contributed by atoms with Gasteiger partial charge in [0.1, 0.15) is 11.5 Å². The molecule has 0 aliphatic carbocycles. The van der Waals surface area contributed by atoms with Gasteiger partial charge in [0, 0.05) is 29.9 Å². The molecule has 6 nitrogen and oxygen atoms in total. The summed E-state index contributed by atoms with van der Waals surface area (Å²) in [4.78, 5) is 0. The van der Waals surface area contributed by atoms with Crippen LogP contribution in [-0.4, -0.2) is 36.1 Å². The topological polar surface area (TPSA) is 79.4 Å². The van der Waals surface area contributed by atoms with Crippen LogP contribution in [0.4, 0.5) is 0 Å². The van der Waals surface area contributed by atoms with E-state index in [-0.39, 0.29) is 0 Å². The van der Waals surface area contributed by atoms with Gasteiger partial charge in [0.05, 0.1) is 26.5 Å². The van der Waals surface area contributed by atoms with Gasteiger partial charge in [-0.25, -0.2) is 0 Å². The van der Waals surface area contributed by atoms with Gasteiger partial charge in [0.2, 0.25) is 0 Å². The number of aliphatic hydroxyl groups excluding tert-OH is 1. The van der Waals surface area contributed by atoms with E-state index < -0.39 is 6.10 Å². The quantitative estimate of drug-likeness (QED) is 0.721. The number of aromatic amines is 1. The Morgan fingerprint density at radius 2 is 2.14 bits per heavy atom. The minimum absolute atomic E-state index is 0.411. The normalized spacial score (nSPS) is 12.2. The lowest BCUT2D eigenvalue weighted by molar-refractivity contribution is 0.169. The number of methoxy groups -OCH3 is 2. The van der Waals surface area contributed by atoms with Crippen LogP contribution in [0, 0.1) is 6.92 Å². The van der Waals surface area contributed by atoms with Crippen LogP contribution in [0.3, 0.4) is 0 Å². The number of aromatic nitrogens is 2. The predicted molar refractivity (Wildman–Crippen MR) is 79.5 cm³/mol. The highest BCUT2D eigenvalue weighted by atomic mass is 16.5. The second-order valence-corrected chi connectivity index (χ2v) is 4.77. The Kier molecular flexibility index (Phi) is 5.19. The second-order valence-electron chi connectivity index (χ2n) is 4.77. The molecule has 2 rings (SSSR count). The third-order valence-electron chi connectivity index (χ3n) is 3.38. The van der Waals surface area contributed by atoms with Gasteiger partial charge >= 0.3 is 0 Å². The van der Waals surface area contributed by atoms with Crippen LogP contribution in [0.1, 0.15) is 22.9 Å². The number of H-pyrrole nitrogens is 1. The van der Waals surface area contributed by atoms with Crippen molar-refractivity contribution < 1.29 is 14.6 Å². The lowest BCUT2D eigenvalue weighted by atomic mass is 10.1. The summed E-state index contributed by atoms with van der Waals surface area (Å²) in [6.07, 6.45) is 1.10. The SMILES string of the molecule is COc1ccc(OC)c([C@@H](O)CNCc2cn[nH]c2C)c1. The Labute approximate surface area is 124 Å². The highest BCUT2D eigenvalue weighted by Crippen LogP contribution is 2.29. The minimum Gasteiger partial charge on any atom is -0.497 e. The fourth-order valence-electron chi connectivity index (χ4n) is 2.11. The van der Waals surface area contributed by atoms with Crippen molar-refractivity contribution in [3.8, 4) is 11.5 Å². The maximum Gasteiger partial charge on any atom is 0.124 e. The van der Waals surface area contributed by atoms with E-state index in [0.29, 0.717) is 30.2 Å². The highest BCUT2D eigenvalue weighted by molar-refractivity contribution is 5.41. The highest BCUT2D eigenvalue weighted by Gasteiger charge is 2.14. The Bertz CT molecular complexity index is 583. The van der Waals surface area contributed by atoms with Crippen molar-refractivity contribution in [1.82, 2.24) is 15.5 Å². The molecule has 21 heavy (non-hydrogen) atoms. The van der Waals surface area contributed by atoms with E-state index in [1.165, 1.54) is 0 Å². The summed E-state index contributed by atoms with van der Waals surface area (Å²) in [5.74, 6) is 1.33. The number of nitrogens with zero attached hydrogens (tertiary/aromatic N) is 1. The van der Waals surface area contributed by atoms with Crippen LogP contribution < -0.4 is 14.8 Å². The van der Waals surface area contributed by atoms with Crippen molar-refractivity contribution in [2.75, 3.05) is 20.8 Å². The van der Waals surface area contributed by atoms with Crippen molar-refractivity contribution in [2.24, 2.45) is 0 Å². The van der Waals surface area contributed by atoms with Crippen molar-refractivity contribution in [1.29, 1.82) is 0 Å². The summed E-state index contributed by atoms with van der Waals surface area (Å²) in [6, 6.07) is 5.38. The summed E-state index contributed by atoms with van der Waals surface area (Å²) in [5, 5.41) is 20.4. The molecule has 0 saturated carbocycles. The van der Waals surface area contributed by atoms with E-state index in [2.05, 4.69) is 15.5 Å². The van der Waals surface area contributed by atoms with Crippen LogP contribution in [0.5, 0.6) is 11.5 Å². The van der Waals surface area contributed by atoms with Crippen LogP contribution in [0.2, 0.25) is 0 Å². The van der Waals surface area contributed by atoms with Gasteiger partial charge in [-0.05, 0) is 25.1 Å². The first-order valence-corrected chi connectivity index (χ1v) is 6.75. The number of ether oxygens (including phenoxy) is 2. The molecule has 114 valence electrons. The third kappa shape index (κ3) is 3.74. The van der Waals surface area contributed by atoms with Gasteiger partial charge in [-0.2, -0.15) is 5.10 Å². The van der Waals surface area contributed by atoms with Gasteiger partial charge < -0.3 is 19.9 Å². The number of aliphatic hydroxyl groups is 1. The summed E-state index contributed by atoms with van der Waals surface area (Å²) in [5.41, 5.74) is 2.81. The number of benzene rings is 1. The van der Waals surface area contributed by atoms with Crippen LogP contribution >= 0.6 is 0 Å². The van der Waals surface area contributed by atoms with Gasteiger partial charge in [-0.1, -0.05) is 0 Å². The molecule has 6 heteroatoms. The van der Waals surface area contributed by atoms with Crippen LogP contribution in [0.25, 0.3) is 0 Å². The number of aryl methyl sites for hydroxylation is 1. The molecule has 0 spiro atoms. The van der Waals surface area contributed by atoms with Crippen LogP contribution in [0.15, 0.2) is 24.4 Å². The van der Waals surface area contributed by atoms with Crippen molar-refractivity contribution in [3.63, 3.8) is 0 Å². The molecular weight excluding hydrogens is 270 g/mol. The maximum absolute atomic E-state index is 10.3. The van der Waals surface area contributed by atoms with Gasteiger partial charge in [-0.15, -0.1) is 0 Å². The van der Waals surface area contributed by atoms with Gasteiger partial charge in [0.15, 0.2) is 0 Å². The van der Waals surface area contributed by atoms with E-state index >= 15 is 0 Å². The summed E-state index contributed by atoms with van der Waals surface area (Å²) in [7, 11) is 3.18. The molecule has 1 heterocycles. The van der Waals surface area contributed by atoms with E-state index in [9.17, 15) is 5.11 Å². The maximum atomic E-state index is 10.3. The molecule has 0 unspecified atom stereocenters. The average Bonchev–Trinajstić information content (AvgIpc) is 2.91. The number of hydrogen-bond acceptors (Lipinski definition) is 5. The zero-order chi connectivity index (χ0) is 15.2. The number of hydrogen-bond donors (Lipinski definition) is 3. The fourth-order valence-corrected chi connectivity index (χ4v) is 2.11. The summed E-state index contributed by atoms with van der Waals surface area (Å²) < 4.78 is 10.5. The van der Waals surface area contributed by atoms with E-state index in [0.717, 1.165) is 11.3 Å². The molecule has 0 radical (unpaired) electrons. The Balaban J connectivity index is 1.99. The van der Waals surface area contributed by atoms with Gasteiger partial charge in [-0.3, -0.25) is 5.10 Å². The molecule has 0 bridgehead atoms. The molecular formula is C15H21N3O3. The Morgan fingerprint density at radius 1 is 1.33 bits per heavy atom. The Morgan fingerprint density at radius 3 is 2.76 bits per heavy atom. The second kappa shape index (κ2) is 7.10. The molecule has 0 saturated heterocycles. The van der Waals surface area contributed by atoms with Crippen molar-refractivity contribution >= 4 is 0 Å². The lowest BCUT2D eigenvalue weighted by Crippen LogP contribution is -2.21. The molecule has 1 aromatic carbocycles. The van der Waals surface area contributed by atoms with E-state index in [1.807, 2.05) is 6.92 Å². The summed E-state index contributed by atoms with van der Waals surface area (Å²) >= 11 is 0. The first kappa shape index (κ1) is 15.3. The van der Waals surface area contributed by atoms with Crippen molar-refractivity contribution in [2.45, 2.75) is 19.6 Å². The number of rotatable bonds is 7. The first-order valence-electron chi connectivity index (χ1n) is 6.75. The summed E-state index contributed by atoms with van der Waals surface area (Å²) in [6.45, 7) is 3.02. The van der Waals surface area contributed by atoms with Gasteiger partial charge in [0.25, 0.3) is 0 Å². The predicted octanol–water partition coefficient (Wildman–Crippen LogP) is 1.56. The number of nitrogens with one attached hydrogen (secondary N) is 2. The fraction of sp³-hybridized carbons (Fsp3) is 0.400. The van der Waals surface area contributed by atoms with E-state index in [4.69, 9.17) is 9.47 Å². The van der Waals surface area contributed by atoms with E-state index in [1.54, 1.807) is 38.6 Å². The zero-order valence-corrected chi connectivity index (χ0v) is 12.5. The monoisotopic (exact) mass is 291 g/mol. The minimum atomic E-state index is -0.678. The largest absolute Gasteiger partial charge is 0.497 e.